The van der Waals surface area contributed by atoms with E-state index in [1.807, 2.05) is 22.9 Å². The Labute approximate surface area is 109 Å². The Morgan fingerprint density at radius 1 is 1.50 bits per heavy atom. The van der Waals surface area contributed by atoms with Crippen LogP contribution in [0.2, 0.25) is 0 Å². The van der Waals surface area contributed by atoms with E-state index >= 15 is 0 Å². The maximum atomic E-state index is 12.2. The molecule has 18 heavy (non-hydrogen) atoms. The molecule has 0 aromatic carbocycles. The lowest BCUT2D eigenvalue weighted by molar-refractivity contribution is 0.0924. The minimum Gasteiger partial charge on any atom is -0.348 e. The van der Waals surface area contributed by atoms with Crippen molar-refractivity contribution in [3.05, 3.63) is 24.0 Å². The number of aromatic nitrogens is 1. The summed E-state index contributed by atoms with van der Waals surface area (Å²) in [7, 11) is 0. The third-order valence-corrected chi connectivity index (χ3v) is 3.44. The van der Waals surface area contributed by atoms with E-state index in [0.29, 0.717) is 6.04 Å². The molecule has 2 heterocycles. The molecule has 0 radical (unpaired) electrons. The number of nitrogens with zero attached hydrogens (tertiary/aromatic N) is 1. The molecule has 1 aliphatic rings. The lowest BCUT2D eigenvalue weighted by Crippen LogP contribution is -2.36. The van der Waals surface area contributed by atoms with Crippen molar-refractivity contribution in [2.24, 2.45) is 0 Å². The summed E-state index contributed by atoms with van der Waals surface area (Å²) >= 11 is 0. The van der Waals surface area contributed by atoms with Crippen molar-refractivity contribution >= 4 is 5.91 Å². The van der Waals surface area contributed by atoms with Gasteiger partial charge in [-0.3, -0.25) is 4.79 Å². The Balaban J connectivity index is 1.95. The maximum Gasteiger partial charge on any atom is 0.268 e. The van der Waals surface area contributed by atoms with Gasteiger partial charge in [0, 0.05) is 18.8 Å². The fourth-order valence-corrected chi connectivity index (χ4v) is 2.48. The average Bonchev–Trinajstić information content (AvgIpc) is 2.67. The molecular formula is C14H23N3O. The normalized spacial score (nSPS) is 20.4. The first kappa shape index (κ1) is 13.1. The van der Waals surface area contributed by atoms with Crippen LogP contribution in [-0.2, 0) is 6.54 Å². The molecule has 4 heteroatoms. The van der Waals surface area contributed by atoms with Crippen LogP contribution in [0.15, 0.2) is 18.3 Å². The largest absolute Gasteiger partial charge is 0.348 e. The molecule has 1 aromatic heterocycles. The van der Waals surface area contributed by atoms with Crippen LogP contribution in [0.25, 0.3) is 0 Å². The first-order valence-corrected chi connectivity index (χ1v) is 6.98. The second-order valence-electron chi connectivity index (χ2n) is 4.94. The van der Waals surface area contributed by atoms with Gasteiger partial charge >= 0.3 is 0 Å². The van der Waals surface area contributed by atoms with E-state index in [-0.39, 0.29) is 5.91 Å². The monoisotopic (exact) mass is 249 g/mol. The van der Waals surface area contributed by atoms with Crippen molar-refractivity contribution in [3.63, 3.8) is 0 Å². The van der Waals surface area contributed by atoms with E-state index in [0.717, 1.165) is 51.0 Å². The molecule has 1 atom stereocenters. The molecule has 1 aromatic rings. The molecule has 2 rings (SSSR count). The zero-order chi connectivity index (χ0) is 12.8. The zero-order valence-corrected chi connectivity index (χ0v) is 11.1. The van der Waals surface area contributed by atoms with Gasteiger partial charge in [0.25, 0.3) is 5.91 Å². The van der Waals surface area contributed by atoms with Crippen molar-refractivity contribution in [1.82, 2.24) is 15.2 Å². The first-order chi connectivity index (χ1) is 8.81. The topological polar surface area (TPSA) is 46.1 Å². The Morgan fingerprint density at radius 3 is 3.22 bits per heavy atom. The van der Waals surface area contributed by atoms with Crippen LogP contribution < -0.4 is 10.6 Å². The Kier molecular flexibility index (Phi) is 4.81. The number of hydrogen-bond donors (Lipinski definition) is 2. The summed E-state index contributed by atoms with van der Waals surface area (Å²) in [5.74, 6) is 0.0698. The Hall–Kier alpha value is -1.29. The summed E-state index contributed by atoms with van der Waals surface area (Å²) in [5, 5.41) is 6.52. The van der Waals surface area contributed by atoms with Gasteiger partial charge in [-0.1, -0.05) is 6.92 Å². The SMILES string of the molecule is CCCn1cccc1C(=O)NC1CCCNCC1. The Morgan fingerprint density at radius 2 is 2.39 bits per heavy atom. The predicted octanol–water partition coefficient (Wildman–Crippen LogP) is 1.77. The number of carbonyl (C=O) groups is 1. The van der Waals surface area contributed by atoms with Crippen molar-refractivity contribution in [3.8, 4) is 0 Å². The number of carbonyl (C=O) groups excluding carboxylic acids is 1. The summed E-state index contributed by atoms with van der Waals surface area (Å²) in [4.78, 5) is 12.2. The van der Waals surface area contributed by atoms with Crippen molar-refractivity contribution in [1.29, 1.82) is 0 Å². The van der Waals surface area contributed by atoms with Gasteiger partial charge < -0.3 is 15.2 Å². The summed E-state index contributed by atoms with van der Waals surface area (Å²) in [5.41, 5.74) is 0.786. The number of amides is 1. The number of hydrogen-bond acceptors (Lipinski definition) is 2. The molecule has 0 bridgehead atoms. The van der Waals surface area contributed by atoms with Crippen LogP contribution in [-0.4, -0.2) is 29.6 Å². The molecule has 0 aliphatic carbocycles. The second-order valence-corrected chi connectivity index (χ2v) is 4.94. The highest BCUT2D eigenvalue weighted by molar-refractivity contribution is 5.92. The molecule has 4 nitrogen and oxygen atoms in total. The summed E-state index contributed by atoms with van der Waals surface area (Å²) < 4.78 is 2.03. The highest BCUT2D eigenvalue weighted by Crippen LogP contribution is 2.08. The number of rotatable bonds is 4. The lowest BCUT2D eigenvalue weighted by atomic mass is 10.1. The summed E-state index contributed by atoms with van der Waals surface area (Å²) in [6, 6.07) is 4.16. The third kappa shape index (κ3) is 3.35. The van der Waals surface area contributed by atoms with Gasteiger partial charge in [-0.2, -0.15) is 0 Å². The molecule has 100 valence electrons. The van der Waals surface area contributed by atoms with Crippen LogP contribution in [0.3, 0.4) is 0 Å². The van der Waals surface area contributed by atoms with Gasteiger partial charge in [0.2, 0.25) is 0 Å². The third-order valence-electron chi connectivity index (χ3n) is 3.44. The molecule has 0 spiro atoms. The zero-order valence-electron chi connectivity index (χ0n) is 11.1. The molecule has 1 fully saturated rings. The van der Waals surface area contributed by atoms with Crippen LogP contribution in [0.1, 0.15) is 43.1 Å². The van der Waals surface area contributed by atoms with Gasteiger partial charge in [-0.05, 0) is 50.9 Å². The first-order valence-electron chi connectivity index (χ1n) is 6.98. The van der Waals surface area contributed by atoms with E-state index < -0.39 is 0 Å². The smallest absolute Gasteiger partial charge is 0.268 e. The van der Waals surface area contributed by atoms with Gasteiger partial charge in [0.15, 0.2) is 0 Å². The van der Waals surface area contributed by atoms with Gasteiger partial charge in [0.1, 0.15) is 5.69 Å². The highest BCUT2D eigenvalue weighted by atomic mass is 16.2. The highest BCUT2D eigenvalue weighted by Gasteiger charge is 2.17. The van der Waals surface area contributed by atoms with E-state index in [1.165, 1.54) is 0 Å². The molecule has 1 unspecified atom stereocenters. The lowest BCUT2D eigenvalue weighted by Gasteiger charge is -2.16. The molecule has 2 N–H and O–H groups in total. The molecule has 1 aliphatic heterocycles. The fourth-order valence-electron chi connectivity index (χ4n) is 2.48. The van der Waals surface area contributed by atoms with Crippen molar-refractivity contribution in [2.45, 2.75) is 45.2 Å². The van der Waals surface area contributed by atoms with E-state index in [2.05, 4.69) is 17.6 Å². The molecule has 0 saturated carbocycles. The minimum atomic E-state index is 0.0698. The second kappa shape index (κ2) is 6.59. The summed E-state index contributed by atoms with van der Waals surface area (Å²) in [6.07, 6.45) is 6.27. The quantitative estimate of drug-likeness (QED) is 0.854. The van der Waals surface area contributed by atoms with Crippen LogP contribution in [0.4, 0.5) is 0 Å². The minimum absolute atomic E-state index is 0.0698. The molecular weight excluding hydrogens is 226 g/mol. The maximum absolute atomic E-state index is 12.2. The van der Waals surface area contributed by atoms with E-state index in [4.69, 9.17) is 0 Å². The van der Waals surface area contributed by atoms with Gasteiger partial charge in [0.05, 0.1) is 0 Å². The van der Waals surface area contributed by atoms with Crippen LogP contribution in [0, 0.1) is 0 Å². The molecule has 1 amide bonds. The molecule has 1 saturated heterocycles. The van der Waals surface area contributed by atoms with Crippen molar-refractivity contribution in [2.75, 3.05) is 13.1 Å². The standard InChI is InChI=1S/C14H23N3O/c1-2-10-17-11-4-6-13(17)14(18)16-12-5-3-8-15-9-7-12/h4,6,11-12,15H,2-3,5,7-10H2,1H3,(H,16,18). The summed E-state index contributed by atoms with van der Waals surface area (Å²) in [6.45, 7) is 5.10. The van der Waals surface area contributed by atoms with E-state index in [9.17, 15) is 4.79 Å². The van der Waals surface area contributed by atoms with Gasteiger partial charge in [-0.15, -0.1) is 0 Å². The van der Waals surface area contributed by atoms with Crippen molar-refractivity contribution < 1.29 is 4.79 Å². The van der Waals surface area contributed by atoms with Crippen LogP contribution in [0.5, 0.6) is 0 Å². The van der Waals surface area contributed by atoms with Crippen LogP contribution >= 0.6 is 0 Å². The predicted molar refractivity (Wildman–Crippen MR) is 72.7 cm³/mol. The fraction of sp³-hybridized carbons (Fsp3) is 0.643. The number of aryl methyl sites for hydroxylation is 1. The van der Waals surface area contributed by atoms with E-state index in [1.54, 1.807) is 0 Å². The van der Waals surface area contributed by atoms with Gasteiger partial charge in [-0.25, -0.2) is 0 Å². The Bertz CT molecular complexity index is 378. The number of nitrogens with one attached hydrogen (secondary N) is 2. The average molecular weight is 249 g/mol.